The number of anilines is 1. The monoisotopic (exact) mass is 392 g/mol. The molecule has 0 radical (unpaired) electrons. The van der Waals surface area contributed by atoms with Gasteiger partial charge in [0.25, 0.3) is 6.43 Å². The molecule has 0 saturated heterocycles. The Morgan fingerprint density at radius 3 is 2.48 bits per heavy atom. The first-order valence-corrected chi connectivity index (χ1v) is 7.81. The molecule has 0 aliphatic carbocycles. The van der Waals surface area contributed by atoms with E-state index in [1.165, 1.54) is 0 Å². The van der Waals surface area contributed by atoms with E-state index in [1.54, 1.807) is 6.92 Å². The summed E-state index contributed by atoms with van der Waals surface area (Å²) in [5, 5.41) is 17.0. The molecule has 1 aromatic heterocycles. The third-order valence-electron chi connectivity index (χ3n) is 3.18. The summed E-state index contributed by atoms with van der Waals surface area (Å²) in [4.78, 5) is 22.3. The number of rotatable bonds is 6. The van der Waals surface area contributed by atoms with Gasteiger partial charge >= 0.3 is 5.69 Å². The molecule has 1 aromatic carbocycles. The van der Waals surface area contributed by atoms with Crippen LogP contribution in [0.2, 0.25) is 10.0 Å². The molecule has 0 spiro atoms. The first-order valence-electron chi connectivity index (χ1n) is 7.06. The summed E-state index contributed by atoms with van der Waals surface area (Å²) in [6, 6.07) is 1.97. The van der Waals surface area contributed by atoms with Crippen molar-refractivity contribution in [1.29, 1.82) is 0 Å². The summed E-state index contributed by atoms with van der Waals surface area (Å²) < 4.78 is 26.6. The van der Waals surface area contributed by atoms with E-state index < -0.39 is 28.5 Å². The maximum atomic E-state index is 12.8. The Balaban J connectivity index is 2.60. The Labute approximate surface area is 150 Å². The third kappa shape index (κ3) is 4.05. The minimum absolute atomic E-state index is 0.0485. The van der Waals surface area contributed by atoms with Crippen molar-refractivity contribution in [3.63, 3.8) is 0 Å². The van der Waals surface area contributed by atoms with Crippen molar-refractivity contribution in [3.8, 4) is 5.69 Å². The van der Waals surface area contributed by atoms with E-state index >= 15 is 0 Å². The fourth-order valence-electron chi connectivity index (χ4n) is 2.10. The van der Waals surface area contributed by atoms with Gasteiger partial charge in [-0.3, -0.25) is 14.9 Å². The van der Waals surface area contributed by atoms with E-state index in [2.05, 4.69) is 10.4 Å². The molecular weight excluding hydrogens is 381 g/mol. The Bertz CT molecular complexity index is 803. The molecular formula is C14H12Cl2F2N4O3. The quantitative estimate of drug-likeness (QED) is 0.566. The van der Waals surface area contributed by atoms with Crippen molar-refractivity contribution in [1.82, 2.24) is 9.78 Å². The second-order valence-electron chi connectivity index (χ2n) is 4.98. The number of halogens is 4. The number of nitrogens with one attached hydrogen (secondary N) is 1. The number of nitrogens with zero attached hydrogens (tertiary/aromatic N) is 3. The smallest absolute Gasteiger partial charge is 0.305 e. The topological polar surface area (TPSA) is 90.1 Å². The van der Waals surface area contributed by atoms with Gasteiger partial charge in [0, 0.05) is 12.0 Å². The van der Waals surface area contributed by atoms with Crippen molar-refractivity contribution in [3.05, 3.63) is 44.1 Å². The van der Waals surface area contributed by atoms with E-state index in [-0.39, 0.29) is 28.0 Å². The van der Waals surface area contributed by atoms with Crippen LogP contribution in [0.3, 0.4) is 0 Å². The van der Waals surface area contributed by atoms with Gasteiger partial charge in [-0.05, 0) is 18.6 Å². The minimum Gasteiger partial charge on any atom is -0.305 e. The molecule has 0 atom stereocenters. The fourth-order valence-corrected chi connectivity index (χ4v) is 2.76. The lowest BCUT2D eigenvalue weighted by Gasteiger charge is -2.13. The number of nitro groups is 1. The van der Waals surface area contributed by atoms with Gasteiger partial charge in [-0.1, -0.05) is 30.1 Å². The normalized spacial score (nSPS) is 11.0. The van der Waals surface area contributed by atoms with Crippen molar-refractivity contribution in [2.75, 3.05) is 5.32 Å². The third-order valence-corrected chi connectivity index (χ3v) is 3.76. The number of aromatic nitrogens is 2. The number of carbonyl (C=O) groups excluding carboxylic acids is 1. The number of amides is 1. The summed E-state index contributed by atoms with van der Waals surface area (Å²) in [5.41, 5.74) is -0.931. The van der Waals surface area contributed by atoms with Gasteiger partial charge in [0.1, 0.15) is 11.9 Å². The SMILES string of the molecule is CCCC(=O)Nc1c([N+](=O)[O-])cnn1-c1c(Cl)cc(C(F)F)cc1Cl. The molecule has 134 valence electrons. The predicted molar refractivity (Wildman–Crippen MR) is 88.7 cm³/mol. The molecule has 2 aromatic rings. The zero-order valence-corrected chi connectivity index (χ0v) is 14.3. The zero-order chi connectivity index (χ0) is 18.7. The first-order chi connectivity index (χ1) is 11.8. The van der Waals surface area contributed by atoms with Crippen LogP contribution in [0.15, 0.2) is 18.3 Å². The lowest BCUT2D eigenvalue weighted by atomic mass is 10.2. The first kappa shape index (κ1) is 19.1. The Kier molecular flexibility index (Phi) is 5.91. The lowest BCUT2D eigenvalue weighted by molar-refractivity contribution is -0.384. The summed E-state index contributed by atoms with van der Waals surface area (Å²) >= 11 is 12.0. The Hall–Kier alpha value is -2.26. The second-order valence-corrected chi connectivity index (χ2v) is 5.79. The molecule has 1 amide bonds. The second kappa shape index (κ2) is 7.75. The summed E-state index contributed by atoms with van der Waals surface area (Å²) in [7, 11) is 0. The van der Waals surface area contributed by atoms with Gasteiger partial charge in [0.05, 0.1) is 15.0 Å². The average Bonchev–Trinajstić information content (AvgIpc) is 2.90. The molecule has 25 heavy (non-hydrogen) atoms. The van der Waals surface area contributed by atoms with Gasteiger partial charge in [0.2, 0.25) is 11.7 Å². The molecule has 0 aliphatic rings. The standard InChI is InChI=1S/C14H12Cl2F2N4O3/c1-2-3-11(23)20-14-10(22(24)25)6-19-21(14)12-8(15)4-7(13(17)18)5-9(12)16/h4-6,13H,2-3H2,1H3,(H,20,23). The number of benzene rings is 1. The van der Waals surface area contributed by atoms with Gasteiger partial charge < -0.3 is 5.32 Å². The van der Waals surface area contributed by atoms with Crippen LogP contribution in [-0.2, 0) is 4.79 Å². The van der Waals surface area contributed by atoms with E-state index in [4.69, 9.17) is 23.2 Å². The number of carbonyl (C=O) groups is 1. The Morgan fingerprint density at radius 1 is 1.40 bits per heavy atom. The van der Waals surface area contributed by atoms with Crippen LogP contribution < -0.4 is 5.32 Å². The van der Waals surface area contributed by atoms with Crippen LogP contribution in [0.1, 0.15) is 31.8 Å². The molecule has 7 nitrogen and oxygen atoms in total. The van der Waals surface area contributed by atoms with E-state index in [9.17, 15) is 23.7 Å². The molecule has 0 aliphatic heterocycles. The molecule has 0 bridgehead atoms. The lowest BCUT2D eigenvalue weighted by Crippen LogP contribution is -2.15. The highest BCUT2D eigenvalue weighted by Gasteiger charge is 2.26. The van der Waals surface area contributed by atoms with Crippen LogP contribution in [0, 0.1) is 10.1 Å². The van der Waals surface area contributed by atoms with Gasteiger partial charge in [-0.2, -0.15) is 5.10 Å². The van der Waals surface area contributed by atoms with Crippen LogP contribution in [-0.4, -0.2) is 20.6 Å². The maximum absolute atomic E-state index is 12.8. The fraction of sp³-hybridized carbons (Fsp3) is 0.286. The highest BCUT2D eigenvalue weighted by Crippen LogP contribution is 2.37. The predicted octanol–water partition coefficient (Wildman–Crippen LogP) is 4.76. The molecule has 1 heterocycles. The molecule has 1 N–H and O–H groups in total. The summed E-state index contributed by atoms with van der Waals surface area (Å²) in [6.45, 7) is 1.77. The van der Waals surface area contributed by atoms with E-state index in [1.807, 2.05) is 0 Å². The van der Waals surface area contributed by atoms with Crippen LogP contribution in [0.5, 0.6) is 0 Å². The Morgan fingerprint density at radius 2 is 2.00 bits per heavy atom. The number of hydrogen-bond acceptors (Lipinski definition) is 4. The largest absolute Gasteiger partial charge is 0.331 e. The average molecular weight is 393 g/mol. The molecule has 2 rings (SSSR count). The number of alkyl halides is 2. The molecule has 0 unspecified atom stereocenters. The highest BCUT2D eigenvalue weighted by atomic mass is 35.5. The van der Waals surface area contributed by atoms with Crippen LogP contribution in [0.25, 0.3) is 5.69 Å². The van der Waals surface area contributed by atoms with Crippen LogP contribution in [0.4, 0.5) is 20.3 Å². The highest BCUT2D eigenvalue weighted by molar-refractivity contribution is 6.38. The van der Waals surface area contributed by atoms with Gasteiger partial charge in [-0.25, -0.2) is 13.5 Å². The summed E-state index contributed by atoms with van der Waals surface area (Å²) in [6.07, 6.45) is -1.22. The van der Waals surface area contributed by atoms with E-state index in [0.717, 1.165) is 23.0 Å². The van der Waals surface area contributed by atoms with Gasteiger partial charge in [0.15, 0.2) is 0 Å². The van der Waals surface area contributed by atoms with Crippen molar-refractivity contribution >= 4 is 40.6 Å². The molecule has 0 fully saturated rings. The van der Waals surface area contributed by atoms with E-state index in [0.29, 0.717) is 6.42 Å². The zero-order valence-electron chi connectivity index (χ0n) is 12.8. The van der Waals surface area contributed by atoms with Crippen molar-refractivity contribution < 1.29 is 18.5 Å². The maximum Gasteiger partial charge on any atom is 0.331 e. The number of hydrogen-bond donors (Lipinski definition) is 1. The van der Waals surface area contributed by atoms with Gasteiger partial charge in [-0.15, -0.1) is 0 Å². The van der Waals surface area contributed by atoms with Crippen LogP contribution >= 0.6 is 23.2 Å². The summed E-state index contributed by atoms with van der Waals surface area (Å²) in [5.74, 6) is -0.721. The van der Waals surface area contributed by atoms with Crippen molar-refractivity contribution in [2.24, 2.45) is 0 Å². The minimum atomic E-state index is -2.79. The van der Waals surface area contributed by atoms with Crippen molar-refractivity contribution in [2.45, 2.75) is 26.2 Å². The molecule has 0 saturated carbocycles. The molecule has 11 heteroatoms.